The Hall–Kier alpha value is -2.92. The molecular formula is C23H25NO4. The smallest absolute Gasteiger partial charge is 0.130 e. The Kier molecular flexibility index (Phi) is 4.35. The van der Waals surface area contributed by atoms with Gasteiger partial charge in [-0.2, -0.15) is 0 Å². The van der Waals surface area contributed by atoms with Gasteiger partial charge in [-0.15, -0.1) is 0 Å². The molecule has 5 nitrogen and oxygen atoms in total. The fourth-order valence-electron chi connectivity index (χ4n) is 4.64. The molecule has 0 radical (unpaired) electrons. The Bertz CT molecular complexity index is 1090. The normalized spacial score (nSPS) is 18.9. The van der Waals surface area contributed by atoms with Crippen LogP contribution in [0.5, 0.6) is 23.0 Å². The van der Waals surface area contributed by atoms with Crippen LogP contribution in [0.1, 0.15) is 36.6 Å². The molecule has 2 unspecified atom stereocenters. The van der Waals surface area contributed by atoms with Crippen LogP contribution in [0.25, 0.3) is 21.9 Å². The molecule has 28 heavy (non-hydrogen) atoms. The Morgan fingerprint density at radius 1 is 1.00 bits per heavy atom. The SMILES string of the molecule is COc1cccc2c(-c3c(O)cc(O)c4c3CC(C)NC4C)c(C)cc(O)c12. The van der Waals surface area contributed by atoms with Crippen molar-refractivity contribution >= 4 is 10.8 Å². The van der Waals surface area contributed by atoms with Gasteiger partial charge >= 0.3 is 0 Å². The summed E-state index contributed by atoms with van der Waals surface area (Å²) in [5.41, 5.74) is 4.16. The minimum absolute atomic E-state index is 0.0312. The van der Waals surface area contributed by atoms with Crippen LogP contribution in [-0.2, 0) is 6.42 Å². The first-order valence-electron chi connectivity index (χ1n) is 9.46. The summed E-state index contributed by atoms with van der Waals surface area (Å²) in [5.74, 6) is 0.855. The van der Waals surface area contributed by atoms with E-state index in [2.05, 4.69) is 12.2 Å². The fraction of sp³-hybridized carbons (Fsp3) is 0.304. The van der Waals surface area contributed by atoms with Crippen LogP contribution in [0.2, 0.25) is 0 Å². The molecule has 4 rings (SSSR count). The van der Waals surface area contributed by atoms with E-state index in [1.165, 1.54) is 6.07 Å². The van der Waals surface area contributed by atoms with Gasteiger partial charge in [-0.3, -0.25) is 0 Å². The molecule has 0 fully saturated rings. The zero-order chi connectivity index (χ0) is 20.2. The third-order valence-corrected chi connectivity index (χ3v) is 5.68. The van der Waals surface area contributed by atoms with Crippen molar-refractivity contribution in [1.29, 1.82) is 0 Å². The molecule has 0 aliphatic carbocycles. The lowest BCUT2D eigenvalue weighted by atomic mass is 9.82. The van der Waals surface area contributed by atoms with E-state index in [0.717, 1.165) is 27.6 Å². The van der Waals surface area contributed by atoms with Crippen LogP contribution >= 0.6 is 0 Å². The van der Waals surface area contributed by atoms with Crippen molar-refractivity contribution in [3.05, 3.63) is 47.0 Å². The highest BCUT2D eigenvalue weighted by Crippen LogP contribution is 2.49. The van der Waals surface area contributed by atoms with Crippen LogP contribution in [-0.4, -0.2) is 28.5 Å². The summed E-state index contributed by atoms with van der Waals surface area (Å²) in [4.78, 5) is 0. The number of benzene rings is 3. The van der Waals surface area contributed by atoms with Gasteiger partial charge in [0.2, 0.25) is 0 Å². The molecule has 0 bridgehead atoms. The van der Waals surface area contributed by atoms with Gasteiger partial charge in [0, 0.05) is 29.3 Å². The number of rotatable bonds is 2. The highest BCUT2D eigenvalue weighted by molar-refractivity contribution is 6.06. The van der Waals surface area contributed by atoms with E-state index in [0.29, 0.717) is 23.1 Å². The average molecular weight is 379 g/mol. The summed E-state index contributed by atoms with van der Waals surface area (Å²) >= 11 is 0. The summed E-state index contributed by atoms with van der Waals surface area (Å²) in [6.07, 6.45) is 0.683. The van der Waals surface area contributed by atoms with E-state index in [1.807, 2.05) is 26.0 Å². The predicted octanol–water partition coefficient (Wildman–Crippen LogP) is 4.54. The number of hydrogen-bond acceptors (Lipinski definition) is 5. The average Bonchev–Trinajstić information content (AvgIpc) is 2.62. The molecule has 2 atom stereocenters. The molecule has 5 heteroatoms. The molecule has 3 aromatic carbocycles. The summed E-state index contributed by atoms with van der Waals surface area (Å²) in [5, 5.41) is 36.8. The zero-order valence-electron chi connectivity index (χ0n) is 16.5. The maximum Gasteiger partial charge on any atom is 0.130 e. The highest BCUT2D eigenvalue weighted by atomic mass is 16.5. The highest BCUT2D eigenvalue weighted by Gasteiger charge is 2.30. The Morgan fingerprint density at radius 2 is 1.75 bits per heavy atom. The van der Waals surface area contributed by atoms with Gasteiger partial charge in [-0.05, 0) is 61.4 Å². The van der Waals surface area contributed by atoms with Crippen LogP contribution in [0.3, 0.4) is 0 Å². The van der Waals surface area contributed by atoms with Crippen molar-refractivity contribution in [3.8, 4) is 34.1 Å². The van der Waals surface area contributed by atoms with Crippen molar-refractivity contribution < 1.29 is 20.1 Å². The van der Waals surface area contributed by atoms with Gasteiger partial charge in [0.05, 0.1) is 12.5 Å². The van der Waals surface area contributed by atoms with Crippen molar-refractivity contribution in [3.63, 3.8) is 0 Å². The van der Waals surface area contributed by atoms with Crippen molar-refractivity contribution in [1.82, 2.24) is 5.32 Å². The van der Waals surface area contributed by atoms with Gasteiger partial charge in [-0.25, -0.2) is 0 Å². The van der Waals surface area contributed by atoms with Gasteiger partial charge < -0.3 is 25.4 Å². The van der Waals surface area contributed by atoms with Gasteiger partial charge in [0.1, 0.15) is 23.0 Å². The van der Waals surface area contributed by atoms with E-state index in [4.69, 9.17) is 4.74 Å². The second-order valence-electron chi connectivity index (χ2n) is 7.65. The first-order valence-corrected chi connectivity index (χ1v) is 9.46. The molecule has 0 aromatic heterocycles. The standard InChI is InChI=1S/C23H25NO4/c1-11-8-16(25)22-14(6-5-7-19(22)28-4)20(11)23-15-9-12(2)24-13(3)21(15)17(26)10-18(23)27/h5-8,10,12-13,24-27H,9H2,1-4H3. The second-order valence-corrected chi connectivity index (χ2v) is 7.65. The van der Waals surface area contributed by atoms with E-state index in [1.54, 1.807) is 19.2 Å². The molecule has 0 saturated carbocycles. The molecule has 146 valence electrons. The molecule has 3 aromatic rings. The van der Waals surface area contributed by atoms with Crippen LogP contribution in [0.15, 0.2) is 30.3 Å². The number of phenols is 3. The number of aromatic hydroxyl groups is 3. The zero-order valence-corrected chi connectivity index (χ0v) is 16.5. The van der Waals surface area contributed by atoms with Gasteiger partial charge in [0.25, 0.3) is 0 Å². The number of phenolic OH excluding ortho intramolecular Hbond substituents is 3. The number of hydrogen-bond donors (Lipinski definition) is 4. The topological polar surface area (TPSA) is 82.0 Å². The quantitative estimate of drug-likeness (QED) is 0.526. The molecule has 4 N–H and O–H groups in total. The van der Waals surface area contributed by atoms with Crippen LogP contribution in [0.4, 0.5) is 0 Å². The van der Waals surface area contributed by atoms with E-state index in [-0.39, 0.29) is 29.3 Å². The van der Waals surface area contributed by atoms with Crippen molar-refractivity contribution in [2.45, 2.75) is 39.3 Å². The Morgan fingerprint density at radius 3 is 2.46 bits per heavy atom. The van der Waals surface area contributed by atoms with Gasteiger partial charge in [-0.1, -0.05) is 12.1 Å². The fourth-order valence-corrected chi connectivity index (χ4v) is 4.64. The Labute approximate surface area is 164 Å². The van der Waals surface area contributed by atoms with Crippen LogP contribution < -0.4 is 10.1 Å². The third-order valence-electron chi connectivity index (χ3n) is 5.68. The summed E-state index contributed by atoms with van der Waals surface area (Å²) < 4.78 is 5.46. The molecule has 0 spiro atoms. The second kappa shape index (κ2) is 6.60. The maximum atomic E-state index is 10.9. The molecule has 1 aliphatic heterocycles. The predicted molar refractivity (Wildman–Crippen MR) is 110 cm³/mol. The van der Waals surface area contributed by atoms with Gasteiger partial charge in [0.15, 0.2) is 0 Å². The first-order chi connectivity index (χ1) is 13.3. The lowest BCUT2D eigenvalue weighted by Gasteiger charge is -2.32. The summed E-state index contributed by atoms with van der Waals surface area (Å²) in [6, 6.07) is 8.90. The monoisotopic (exact) mass is 379 g/mol. The molecular weight excluding hydrogens is 354 g/mol. The number of ether oxygens (including phenoxy) is 1. The number of fused-ring (bicyclic) bond motifs is 2. The number of methoxy groups -OCH3 is 1. The molecule has 0 amide bonds. The molecule has 0 saturated heterocycles. The minimum Gasteiger partial charge on any atom is -0.507 e. The lowest BCUT2D eigenvalue weighted by Crippen LogP contribution is -2.36. The lowest BCUT2D eigenvalue weighted by molar-refractivity contribution is 0.402. The third kappa shape index (κ3) is 2.66. The van der Waals surface area contributed by atoms with E-state index < -0.39 is 0 Å². The largest absolute Gasteiger partial charge is 0.507 e. The van der Waals surface area contributed by atoms with Crippen molar-refractivity contribution in [2.75, 3.05) is 7.11 Å². The van der Waals surface area contributed by atoms with E-state index >= 15 is 0 Å². The Balaban J connectivity index is 2.15. The maximum absolute atomic E-state index is 10.9. The number of aryl methyl sites for hydroxylation is 1. The summed E-state index contributed by atoms with van der Waals surface area (Å²) in [6.45, 7) is 6.02. The van der Waals surface area contributed by atoms with E-state index in [9.17, 15) is 15.3 Å². The van der Waals surface area contributed by atoms with Crippen molar-refractivity contribution in [2.24, 2.45) is 0 Å². The minimum atomic E-state index is -0.0312. The first kappa shape index (κ1) is 18.4. The molecule has 1 heterocycles. The van der Waals surface area contributed by atoms with Crippen LogP contribution in [0, 0.1) is 6.92 Å². The summed E-state index contributed by atoms with van der Waals surface area (Å²) in [7, 11) is 1.57. The number of nitrogens with one attached hydrogen (secondary N) is 1. The molecule has 1 aliphatic rings.